The fourth-order valence-corrected chi connectivity index (χ4v) is 2.53. The molecule has 1 fully saturated rings. The van der Waals surface area contributed by atoms with Crippen LogP contribution in [0.2, 0.25) is 0 Å². The first-order valence-corrected chi connectivity index (χ1v) is 7.02. The van der Waals surface area contributed by atoms with E-state index in [1.807, 2.05) is 6.92 Å². The van der Waals surface area contributed by atoms with Crippen molar-refractivity contribution >= 4 is 15.8 Å². The molecule has 0 saturated carbocycles. The second kappa shape index (κ2) is 4.49. The van der Waals surface area contributed by atoms with Crippen LogP contribution in [-0.4, -0.2) is 55.5 Å². The van der Waals surface area contributed by atoms with E-state index in [4.69, 9.17) is 5.11 Å². The Morgan fingerprint density at radius 1 is 1.53 bits per heavy atom. The Balaban J connectivity index is 2.59. The molecule has 0 aromatic heterocycles. The zero-order chi connectivity index (χ0) is 11.6. The predicted molar refractivity (Wildman–Crippen MR) is 56.5 cm³/mol. The summed E-state index contributed by atoms with van der Waals surface area (Å²) in [6, 6.07) is -0.522. The van der Waals surface area contributed by atoms with Gasteiger partial charge in [-0.2, -0.15) is 0 Å². The van der Waals surface area contributed by atoms with Crippen LogP contribution in [0, 0.1) is 5.92 Å². The molecule has 0 spiro atoms. The van der Waals surface area contributed by atoms with Crippen LogP contribution in [0.15, 0.2) is 0 Å². The summed E-state index contributed by atoms with van der Waals surface area (Å²) in [5.41, 5.74) is 0. The van der Waals surface area contributed by atoms with Gasteiger partial charge in [0.1, 0.15) is 15.9 Å². The van der Waals surface area contributed by atoms with Crippen molar-refractivity contribution in [2.75, 3.05) is 25.1 Å². The number of likely N-dealkylation sites (tertiary alicyclic amines) is 1. The van der Waals surface area contributed by atoms with Crippen molar-refractivity contribution in [2.45, 2.75) is 19.4 Å². The molecule has 15 heavy (non-hydrogen) atoms. The van der Waals surface area contributed by atoms with Crippen LogP contribution < -0.4 is 0 Å². The molecule has 1 N–H and O–H groups in total. The van der Waals surface area contributed by atoms with Gasteiger partial charge >= 0.3 is 5.97 Å². The Kier molecular flexibility index (Phi) is 3.72. The second-order valence-electron chi connectivity index (χ2n) is 4.21. The van der Waals surface area contributed by atoms with Crippen molar-refractivity contribution in [3.05, 3.63) is 0 Å². The van der Waals surface area contributed by atoms with Crippen molar-refractivity contribution in [3.8, 4) is 0 Å². The fourth-order valence-electron chi connectivity index (χ4n) is 1.96. The Labute approximate surface area is 90.0 Å². The van der Waals surface area contributed by atoms with E-state index in [0.29, 0.717) is 13.1 Å². The Hall–Kier alpha value is -0.620. The van der Waals surface area contributed by atoms with E-state index in [1.165, 1.54) is 6.26 Å². The van der Waals surface area contributed by atoms with E-state index in [1.54, 1.807) is 4.90 Å². The number of sulfone groups is 1. The van der Waals surface area contributed by atoms with Gasteiger partial charge < -0.3 is 5.11 Å². The number of carboxylic acids is 1. The van der Waals surface area contributed by atoms with Crippen LogP contribution in [0.1, 0.15) is 13.3 Å². The number of nitrogens with zero attached hydrogens (tertiary/aromatic N) is 1. The molecule has 6 heteroatoms. The number of rotatable bonds is 4. The minimum Gasteiger partial charge on any atom is -0.480 e. The smallest absolute Gasteiger partial charge is 0.321 e. The molecule has 1 aliphatic rings. The van der Waals surface area contributed by atoms with Crippen molar-refractivity contribution in [3.63, 3.8) is 0 Å². The summed E-state index contributed by atoms with van der Waals surface area (Å²) in [5.74, 6) is -0.723. The summed E-state index contributed by atoms with van der Waals surface area (Å²) in [6.45, 7) is 2.88. The van der Waals surface area contributed by atoms with Crippen LogP contribution in [-0.2, 0) is 14.6 Å². The summed E-state index contributed by atoms with van der Waals surface area (Å²) < 4.78 is 21.9. The Morgan fingerprint density at radius 3 is 2.60 bits per heavy atom. The molecule has 88 valence electrons. The first-order chi connectivity index (χ1) is 6.81. The Bertz CT molecular complexity index is 338. The molecule has 0 aromatic rings. The lowest BCUT2D eigenvalue weighted by atomic mass is 10.0. The third kappa shape index (κ3) is 3.46. The highest BCUT2D eigenvalue weighted by Gasteiger charge is 2.36. The van der Waals surface area contributed by atoms with Crippen molar-refractivity contribution in [1.29, 1.82) is 0 Å². The molecule has 1 heterocycles. The van der Waals surface area contributed by atoms with E-state index in [2.05, 4.69) is 0 Å². The normalized spacial score (nSPS) is 28.1. The highest BCUT2D eigenvalue weighted by atomic mass is 32.2. The van der Waals surface area contributed by atoms with Gasteiger partial charge in [0, 0.05) is 12.8 Å². The van der Waals surface area contributed by atoms with Crippen molar-refractivity contribution < 1.29 is 18.3 Å². The molecule has 1 rings (SSSR count). The number of hydrogen-bond acceptors (Lipinski definition) is 4. The average Bonchev–Trinajstić information content (AvgIpc) is 2.42. The summed E-state index contributed by atoms with van der Waals surface area (Å²) >= 11 is 0. The zero-order valence-corrected chi connectivity index (χ0v) is 9.83. The quantitative estimate of drug-likeness (QED) is 0.732. The van der Waals surface area contributed by atoms with Gasteiger partial charge in [-0.25, -0.2) is 8.42 Å². The monoisotopic (exact) mass is 235 g/mol. The molecule has 0 radical (unpaired) electrons. The van der Waals surface area contributed by atoms with Gasteiger partial charge in [0.25, 0.3) is 0 Å². The zero-order valence-electron chi connectivity index (χ0n) is 9.01. The van der Waals surface area contributed by atoms with Gasteiger partial charge in [-0.15, -0.1) is 0 Å². The van der Waals surface area contributed by atoms with Gasteiger partial charge in [0.2, 0.25) is 0 Å². The highest BCUT2D eigenvalue weighted by molar-refractivity contribution is 7.90. The SMILES string of the molecule is CC1CCN(CCS(C)(=O)=O)C1C(=O)O. The molecule has 0 aromatic carbocycles. The number of hydrogen-bond donors (Lipinski definition) is 1. The first kappa shape index (κ1) is 12.4. The molecule has 1 aliphatic heterocycles. The lowest BCUT2D eigenvalue weighted by Gasteiger charge is -2.22. The number of aliphatic carboxylic acids is 1. The van der Waals surface area contributed by atoms with E-state index in [-0.39, 0.29) is 11.7 Å². The molecule has 0 aliphatic carbocycles. The molecule has 2 unspecified atom stereocenters. The van der Waals surface area contributed by atoms with Crippen LogP contribution >= 0.6 is 0 Å². The third-order valence-corrected chi connectivity index (χ3v) is 3.73. The lowest BCUT2D eigenvalue weighted by Crippen LogP contribution is -2.41. The van der Waals surface area contributed by atoms with Crippen molar-refractivity contribution in [1.82, 2.24) is 4.90 Å². The third-order valence-electron chi connectivity index (χ3n) is 2.81. The average molecular weight is 235 g/mol. The standard InChI is InChI=1S/C9H17NO4S/c1-7-3-4-10(8(7)9(11)12)5-6-15(2,13)14/h7-8H,3-6H2,1-2H3,(H,11,12). The topological polar surface area (TPSA) is 74.7 Å². The highest BCUT2D eigenvalue weighted by Crippen LogP contribution is 2.23. The second-order valence-corrected chi connectivity index (χ2v) is 6.47. The van der Waals surface area contributed by atoms with Gasteiger partial charge in [0.15, 0.2) is 0 Å². The largest absolute Gasteiger partial charge is 0.480 e. The minimum atomic E-state index is -3.01. The van der Waals surface area contributed by atoms with Crippen LogP contribution in [0.4, 0.5) is 0 Å². The molecular weight excluding hydrogens is 218 g/mol. The maximum atomic E-state index is 11.0. The van der Waals surface area contributed by atoms with E-state index < -0.39 is 21.8 Å². The number of carboxylic acid groups (broad SMARTS) is 1. The van der Waals surface area contributed by atoms with Gasteiger partial charge in [0.05, 0.1) is 5.75 Å². The Morgan fingerprint density at radius 2 is 2.13 bits per heavy atom. The molecular formula is C9H17NO4S. The van der Waals surface area contributed by atoms with E-state index in [9.17, 15) is 13.2 Å². The molecule has 5 nitrogen and oxygen atoms in total. The number of carbonyl (C=O) groups is 1. The van der Waals surface area contributed by atoms with Crippen LogP contribution in [0.3, 0.4) is 0 Å². The summed E-state index contributed by atoms with van der Waals surface area (Å²) in [6.07, 6.45) is 1.99. The van der Waals surface area contributed by atoms with Crippen LogP contribution in [0.5, 0.6) is 0 Å². The summed E-state index contributed by atoms with van der Waals surface area (Å²) in [7, 11) is -3.01. The molecule has 1 saturated heterocycles. The van der Waals surface area contributed by atoms with Gasteiger partial charge in [-0.05, 0) is 18.9 Å². The maximum absolute atomic E-state index is 11.0. The predicted octanol–water partition coefficient (Wildman–Crippen LogP) is -0.174. The van der Waals surface area contributed by atoms with Crippen molar-refractivity contribution in [2.24, 2.45) is 5.92 Å². The van der Waals surface area contributed by atoms with E-state index in [0.717, 1.165) is 6.42 Å². The molecule has 2 atom stereocenters. The molecule has 0 bridgehead atoms. The van der Waals surface area contributed by atoms with Crippen LogP contribution in [0.25, 0.3) is 0 Å². The summed E-state index contributed by atoms with van der Waals surface area (Å²) in [4.78, 5) is 12.7. The fraction of sp³-hybridized carbons (Fsp3) is 0.889. The van der Waals surface area contributed by atoms with E-state index >= 15 is 0 Å². The minimum absolute atomic E-state index is 0.0312. The lowest BCUT2D eigenvalue weighted by molar-refractivity contribution is -0.143. The maximum Gasteiger partial charge on any atom is 0.321 e. The summed E-state index contributed by atoms with van der Waals surface area (Å²) in [5, 5.41) is 8.99. The van der Waals surface area contributed by atoms with Gasteiger partial charge in [-0.1, -0.05) is 6.92 Å². The molecule has 0 amide bonds. The van der Waals surface area contributed by atoms with Gasteiger partial charge in [-0.3, -0.25) is 9.69 Å². The first-order valence-electron chi connectivity index (χ1n) is 4.96.